The van der Waals surface area contributed by atoms with Gasteiger partial charge in [-0.25, -0.2) is 0 Å². The Bertz CT molecular complexity index is 895. The average Bonchev–Trinajstić information content (AvgIpc) is 3.15. The van der Waals surface area contributed by atoms with Crippen molar-refractivity contribution in [2.45, 2.75) is 32.4 Å². The molecular formula is C22H24N2O2. The van der Waals surface area contributed by atoms with Crippen LogP contribution in [0.5, 0.6) is 5.75 Å². The highest BCUT2D eigenvalue weighted by molar-refractivity contribution is 5.93. The van der Waals surface area contributed by atoms with Crippen LogP contribution >= 0.6 is 0 Å². The Kier molecular flexibility index (Phi) is 4.76. The first-order chi connectivity index (χ1) is 12.7. The number of rotatable bonds is 5. The fourth-order valence-electron chi connectivity index (χ4n) is 3.73. The van der Waals surface area contributed by atoms with E-state index in [1.54, 1.807) is 0 Å². The molecule has 0 radical (unpaired) electrons. The number of ether oxygens (including phenoxy) is 1. The van der Waals surface area contributed by atoms with Gasteiger partial charge in [-0.3, -0.25) is 4.98 Å². The molecule has 1 aliphatic heterocycles. The average molecular weight is 348 g/mol. The summed E-state index contributed by atoms with van der Waals surface area (Å²) in [4.78, 5) is 7.03. The number of aliphatic hydroxyl groups is 1. The molecule has 134 valence electrons. The summed E-state index contributed by atoms with van der Waals surface area (Å²) >= 11 is 0. The van der Waals surface area contributed by atoms with Crippen LogP contribution in [0.15, 0.2) is 54.6 Å². The first-order valence-corrected chi connectivity index (χ1v) is 9.20. The largest absolute Gasteiger partial charge is 0.489 e. The number of aliphatic hydroxyl groups excluding tert-OH is 1. The minimum absolute atomic E-state index is 0.196. The van der Waals surface area contributed by atoms with Crippen LogP contribution < -0.4 is 9.64 Å². The van der Waals surface area contributed by atoms with Gasteiger partial charge in [0.15, 0.2) is 0 Å². The number of aromatic nitrogens is 1. The van der Waals surface area contributed by atoms with Gasteiger partial charge < -0.3 is 14.7 Å². The Labute approximate surface area is 154 Å². The number of aryl methyl sites for hydroxylation is 1. The SMILES string of the molecule is Cc1cc(N2CCC[C@H]2CO)c2ccc(OCc3ccccc3)cc2n1. The van der Waals surface area contributed by atoms with E-state index >= 15 is 0 Å². The second kappa shape index (κ2) is 7.34. The zero-order valence-electron chi connectivity index (χ0n) is 15.1. The van der Waals surface area contributed by atoms with Crippen molar-refractivity contribution >= 4 is 16.6 Å². The number of fused-ring (bicyclic) bond motifs is 1. The highest BCUT2D eigenvalue weighted by atomic mass is 16.5. The van der Waals surface area contributed by atoms with Gasteiger partial charge in [0.05, 0.1) is 18.2 Å². The number of pyridine rings is 1. The van der Waals surface area contributed by atoms with E-state index in [1.807, 2.05) is 37.3 Å². The summed E-state index contributed by atoms with van der Waals surface area (Å²) in [5.74, 6) is 0.825. The molecule has 3 aromatic rings. The van der Waals surface area contributed by atoms with Crippen molar-refractivity contribution in [3.63, 3.8) is 0 Å². The fraction of sp³-hybridized carbons (Fsp3) is 0.318. The molecule has 0 amide bonds. The Balaban J connectivity index is 1.64. The van der Waals surface area contributed by atoms with Gasteiger partial charge in [-0.1, -0.05) is 30.3 Å². The molecule has 1 atom stereocenters. The molecule has 2 heterocycles. The van der Waals surface area contributed by atoms with Gasteiger partial charge in [0, 0.05) is 29.4 Å². The normalized spacial score (nSPS) is 17.0. The van der Waals surface area contributed by atoms with Crippen molar-refractivity contribution < 1.29 is 9.84 Å². The number of hydrogen-bond donors (Lipinski definition) is 1. The minimum Gasteiger partial charge on any atom is -0.489 e. The number of hydrogen-bond acceptors (Lipinski definition) is 4. The molecule has 1 N–H and O–H groups in total. The van der Waals surface area contributed by atoms with Crippen LogP contribution in [0.1, 0.15) is 24.1 Å². The third kappa shape index (κ3) is 3.37. The van der Waals surface area contributed by atoms with E-state index in [2.05, 4.69) is 29.2 Å². The summed E-state index contributed by atoms with van der Waals surface area (Å²) in [7, 11) is 0. The third-order valence-electron chi connectivity index (χ3n) is 5.03. The zero-order chi connectivity index (χ0) is 17.9. The van der Waals surface area contributed by atoms with E-state index in [9.17, 15) is 5.11 Å². The monoisotopic (exact) mass is 348 g/mol. The summed E-state index contributed by atoms with van der Waals surface area (Å²) < 4.78 is 5.95. The van der Waals surface area contributed by atoms with Crippen LogP contribution in [0.2, 0.25) is 0 Å². The molecule has 4 heteroatoms. The molecule has 4 rings (SSSR count). The second-order valence-corrected chi connectivity index (χ2v) is 6.91. The molecule has 1 aliphatic rings. The second-order valence-electron chi connectivity index (χ2n) is 6.91. The fourth-order valence-corrected chi connectivity index (χ4v) is 3.73. The van der Waals surface area contributed by atoms with Crippen LogP contribution in [0.3, 0.4) is 0 Å². The van der Waals surface area contributed by atoms with Crippen LogP contribution in [0, 0.1) is 6.92 Å². The van der Waals surface area contributed by atoms with Crippen LogP contribution in [-0.4, -0.2) is 29.3 Å². The molecule has 0 aliphatic carbocycles. The highest BCUT2D eigenvalue weighted by Gasteiger charge is 2.25. The van der Waals surface area contributed by atoms with Gasteiger partial charge in [0.1, 0.15) is 12.4 Å². The van der Waals surface area contributed by atoms with Crippen LogP contribution in [0.4, 0.5) is 5.69 Å². The van der Waals surface area contributed by atoms with Gasteiger partial charge in [-0.2, -0.15) is 0 Å². The quantitative estimate of drug-likeness (QED) is 0.754. The number of benzene rings is 2. The Morgan fingerprint density at radius 3 is 2.81 bits per heavy atom. The summed E-state index contributed by atoms with van der Waals surface area (Å²) in [5.41, 5.74) is 4.23. The molecule has 2 aromatic carbocycles. The topological polar surface area (TPSA) is 45.6 Å². The Hall–Kier alpha value is -2.59. The first-order valence-electron chi connectivity index (χ1n) is 9.20. The van der Waals surface area contributed by atoms with Crippen LogP contribution in [-0.2, 0) is 6.61 Å². The summed E-state index contributed by atoms with van der Waals surface area (Å²) in [5, 5.41) is 10.8. The number of anilines is 1. The van der Waals surface area contributed by atoms with Crippen molar-refractivity contribution in [2.24, 2.45) is 0 Å². The molecule has 1 saturated heterocycles. The molecule has 0 spiro atoms. The number of nitrogens with zero attached hydrogens (tertiary/aromatic N) is 2. The van der Waals surface area contributed by atoms with Crippen molar-refractivity contribution in [2.75, 3.05) is 18.1 Å². The lowest BCUT2D eigenvalue weighted by atomic mass is 10.1. The minimum atomic E-state index is 0.196. The van der Waals surface area contributed by atoms with E-state index in [0.29, 0.717) is 6.61 Å². The predicted octanol–water partition coefficient (Wildman–Crippen LogP) is 4.08. The maximum Gasteiger partial charge on any atom is 0.122 e. The van der Waals surface area contributed by atoms with Gasteiger partial charge in [-0.05, 0) is 43.5 Å². The summed E-state index contributed by atoms with van der Waals surface area (Å²) in [6, 6.07) is 18.6. The Morgan fingerprint density at radius 2 is 2.00 bits per heavy atom. The maximum absolute atomic E-state index is 9.68. The molecule has 0 unspecified atom stereocenters. The van der Waals surface area contributed by atoms with E-state index in [4.69, 9.17) is 9.72 Å². The molecule has 1 aromatic heterocycles. The maximum atomic E-state index is 9.68. The molecule has 0 bridgehead atoms. The molecule has 26 heavy (non-hydrogen) atoms. The van der Waals surface area contributed by atoms with Crippen molar-refractivity contribution in [3.05, 3.63) is 65.9 Å². The first kappa shape index (κ1) is 16.9. The molecule has 4 nitrogen and oxygen atoms in total. The Morgan fingerprint density at radius 1 is 1.15 bits per heavy atom. The highest BCUT2D eigenvalue weighted by Crippen LogP contribution is 2.33. The van der Waals surface area contributed by atoms with E-state index in [0.717, 1.165) is 47.3 Å². The molecule has 0 saturated carbocycles. The van der Waals surface area contributed by atoms with Crippen molar-refractivity contribution in [3.8, 4) is 5.75 Å². The lowest BCUT2D eigenvalue weighted by Crippen LogP contribution is -2.32. The summed E-state index contributed by atoms with van der Waals surface area (Å²) in [6.45, 7) is 3.74. The van der Waals surface area contributed by atoms with Crippen molar-refractivity contribution in [1.29, 1.82) is 0 Å². The lowest BCUT2D eigenvalue weighted by Gasteiger charge is -2.27. The van der Waals surface area contributed by atoms with E-state index in [-0.39, 0.29) is 12.6 Å². The summed E-state index contributed by atoms with van der Waals surface area (Å²) in [6.07, 6.45) is 2.16. The lowest BCUT2D eigenvalue weighted by molar-refractivity contribution is 0.266. The predicted molar refractivity (Wildman–Crippen MR) is 105 cm³/mol. The third-order valence-corrected chi connectivity index (χ3v) is 5.03. The van der Waals surface area contributed by atoms with Gasteiger partial charge in [0.2, 0.25) is 0 Å². The van der Waals surface area contributed by atoms with Gasteiger partial charge in [0.25, 0.3) is 0 Å². The zero-order valence-corrected chi connectivity index (χ0v) is 15.1. The van der Waals surface area contributed by atoms with E-state index < -0.39 is 0 Å². The smallest absolute Gasteiger partial charge is 0.122 e. The van der Waals surface area contributed by atoms with E-state index in [1.165, 1.54) is 5.69 Å². The van der Waals surface area contributed by atoms with Gasteiger partial charge >= 0.3 is 0 Å². The van der Waals surface area contributed by atoms with Gasteiger partial charge in [-0.15, -0.1) is 0 Å². The standard InChI is InChI=1S/C22H24N2O2/c1-16-12-22(24-11-5-8-18(24)14-25)20-10-9-19(13-21(20)23-16)26-15-17-6-3-2-4-7-17/h2-4,6-7,9-10,12-13,18,25H,5,8,11,14-15H2,1H3/t18-/m0/s1. The van der Waals surface area contributed by atoms with Crippen molar-refractivity contribution in [1.82, 2.24) is 4.98 Å². The van der Waals surface area contributed by atoms with Crippen LogP contribution in [0.25, 0.3) is 10.9 Å². The molecule has 1 fully saturated rings. The molecular weight excluding hydrogens is 324 g/mol.